The summed E-state index contributed by atoms with van der Waals surface area (Å²) < 4.78 is 2.08. The minimum atomic E-state index is 0.0970. The van der Waals surface area contributed by atoms with Crippen LogP contribution in [-0.2, 0) is 12.8 Å². The fraction of sp³-hybridized carbons (Fsp3) is 0.812. The Morgan fingerprint density at radius 2 is 2.05 bits per heavy atom. The van der Waals surface area contributed by atoms with E-state index in [1.807, 2.05) is 0 Å². The Labute approximate surface area is 122 Å². The first-order chi connectivity index (χ1) is 9.73. The molecule has 1 saturated carbocycles. The van der Waals surface area contributed by atoms with E-state index in [-0.39, 0.29) is 12.0 Å². The maximum Gasteiger partial charge on any atom is 0.150 e. The quantitative estimate of drug-likeness (QED) is 0.823. The van der Waals surface area contributed by atoms with Gasteiger partial charge in [0, 0.05) is 12.8 Å². The van der Waals surface area contributed by atoms with Gasteiger partial charge in [-0.2, -0.15) is 10.4 Å². The monoisotopic (exact) mass is 274 g/mol. The van der Waals surface area contributed by atoms with Crippen LogP contribution < -0.4 is 0 Å². The number of nitrogens with zero attached hydrogens (tertiary/aromatic N) is 4. The average molecular weight is 274 g/mol. The number of hydrogen-bond acceptors (Lipinski definition) is 3. The van der Waals surface area contributed by atoms with Gasteiger partial charge in [0.2, 0.25) is 0 Å². The molecule has 2 rings (SSSR count). The van der Waals surface area contributed by atoms with E-state index >= 15 is 0 Å². The number of aromatic nitrogens is 3. The first kappa shape index (κ1) is 15.0. The van der Waals surface area contributed by atoms with E-state index in [0.29, 0.717) is 0 Å². The maximum absolute atomic E-state index is 9.45. The Balaban J connectivity index is 2.26. The van der Waals surface area contributed by atoms with Crippen LogP contribution in [0.5, 0.6) is 0 Å². The minimum Gasteiger partial charge on any atom is -0.245 e. The standard InChI is InChI=1S/C16H26N4/c1-4-7-12-8-9-13(11-17)14(10-12)20-16(6-3)18-15(5-2)19-20/h12-14H,4-10H2,1-3H3. The number of aryl methyl sites for hydroxylation is 2. The van der Waals surface area contributed by atoms with Crippen LogP contribution in [-0.4, -0.2) is 14.8 Å². The summed E-state index contributed by atoms with van der Waals surface area (Å²) in [7, 11) is 0. The van der Waals surface area contributed by atoms with Crippen LogP contribution in [0.3, 0.4) is 0 Å². The summed E-state index contributed by atoms with van der Waals surface area (Å²) in [6, 6.07) is 2.73. The molecule has 110 valence electrons. The van der Waals surface area contributed by atoms with Crippen molar-refractivity contribution in [2.75, 3.05) is 0 Å². The van der Waals surface area contributed by atoms with Crippen LogP contribution in [0.1, 0.15) is 70.6 Å². The van der Waals surface area contributed by atoms with Gasteiger partial charge in [-0.15, -0.1) is 0 Å². The Bertz CT molecular complexity index is 471. The summed E-state index contributed by atoms with van der Waals surface area (Å²) >= 11 is 0. The summed E-state index contributed by atoms with van der Waals surface area (Å²) in [5, 5.41) is 14.1. The molecule has 0 N–H and O–H groups in total. The van der Waals surface area contributed by atoms with Crippen molar-refractivity contribution < 1.29 is 0 Å². The van der Waals surface area contributed by atoms with Gasteiger partial charge < -0.3 is 0 Å². The third-order valence-electron chi connectivity index (χ3n) is 4.48. The van der Waals surface area contributed by atoms with Crippen molar-refractivity contribution in [3.05, 3.63) is 11.6 Å². The molecule has 1 aliphatic carbocycles. The molecule has 1 aromatic heterocycles. The molecule has 0 aromatic carbocycles. The highest BCUT2D eigenvalue weighted by molar-refractivity contribution is 5.01. The topological polar surface area (TPSA) is 54.5 Å². The summed E-state index contributed by atoms with van der Waals surface area (Å²) in [6.45, 7) is 6.45. The molecular formula is C16H26N4. The number of hydrogen-bond donors (Lipinski definition) is 0. The Morgan fingerprint density at radius 3 is 2.65 bits per heavy atom. The molecule has 3 unspecified atom stereocenters. The van der Waals surface area contributed by atoms with Gasteiger partial charge in [-0.05, 0) is 25.2 Å². The molecule has 0 amide bonds. The third-order valence-corrected chi connectivity index (χ3v) is 4.48. The van der Waals surface area contributed by atoms with Crippen LogP contribution in [0.2, 0.25) is 0 Å². The molecule has 1 aromatic rings. The summed E-state index contributed by atoms with van der Waals surface area (Å²) in [6.07, 6.45) is 7.54. The van der Waals surface area contributed by atoms with Gasteiger partial charge >= 0.3 is 0 Å². The molecule has 3 atom stereocenters. The van der Waals surface area contributed by atoms with Gasteiger partial charge in [0.25, 0.3) is 0 Å². The predicted octanol–water partition coefficient (Wildman–Crippen LogP) is 3.68. The lowest BCUT2D eigenvalue weighted by molar-refractivity contribution is 0.195. The molecule has 1 aliphatic rings. The average Bonchev–Trinajstić information content (AvgIpc) is 2.90. The van der Waals surface area contributed by atoms with Crippen molar-refractivity contribution in [2.24, 2.45) is 11.8 Å². The van der Waals surface area contributed by atoms with E-state index in [2.05, 4.69) is 41.6 Å². The molecule has 1 heterocycles. The van der Waals surface area contributed by atoms with Crippen molar-refractivity contribution in [3.8, 4) is 6.07 Å². The van der Waals surface area contributed by atoms with E-state index < -0.39 is 0 Å². The van der Waals surface area contributed by atoms with E-state index in [0.717, 1.165) is 43.3 Å². The maximum atomic E-state index is 9.45. The summed E-state index contributed by atoms with van der Waals surface area (Å²) in [5.41, 5.74) is 0. The van der Waals surface area contributed by atoms with Gasteiger partial charge in [0.05, 0.1) is 18.0 Å². The predicted molar refractivity (Wildman–Crippen MR) is 79.2 cm³/mol. The lowest BCUT2D eigenvalue weighted by atomic mass is 9.77. The molecule has 0 aliphatic heterocycles. The van der Waals surface area contributed by atoms with Crippen LogP contribution in [0.4, 0.5) is 0 Å². The Morgan fingerprint density at radius 1 is 1.25 bits per heavy atom. The van der Waals surface area contributed by atoms with Crippen LogP contribution in [0.15, 0.2) is 0 Å². The van der Waals surface area contributed by atoms with E-state index in [9.17, 15) is 5.26 Å². The molecule has 4 heteroatoms. The second-order valence-electron chi connectivity index (χ2n) is 5.87. The van der Waals surface area contributed by atoms with E-state index in [4.69, 9.17) is 0 Å². The first-order valence-electron chi connectivity index (χ1n) is 8.07. The molecule has 0 spiro atoms. The van der Waals surface area contributed by atoms with Crippen molar-refractivity contribution in [1.29, 1.82) is 5.26 Å². The van der Waals surface area contributed by atoms with Crippen molar-refractivity contribution in [2.45, 2.75) is 71.8 Å². The molecule has 20 heavy (non-hydrogen) atoms. The zero-order chi connectivity index (χ0) is 14.5. The lowest BCUT2D eigenvalue weighted by Gasteiger charge is -2.33. The highest BCUT2D eigenvalue weighted by Crippen LogP contribution is 2.39. The Kier molecular flexibility index (Phi) is 5.17. The lowest BCUT2D eigenvalue weighted by Crippen LogP contribution is -2.29. The summed E-state index contributed by atoms with van der Waals surface area (Å²) in [4.78, 5) is 4.60. The van der Waals surface area contributed by atoms with Gasteiger partial charge in [-0.25, -0.2) is 9.67 Å². The molecule has 1 fully saturated rings. The zero-order valence-corrected chi connectivity index (χ0v) is 13.0. The molecule has 0 saturated heterocycles. The van der Waals surface area contributed by atoms with E-state index in [1.165, 1.54) is 19.3 Å². The second kappa shape index (κ2) is 6.88. The fourth-order valence-corrected chi connectivity index (χ4v) is 3.38. The number of rotatable bonds is 5. The summed E-state index contributed by atoms with van der Waals surface area (Å²) in [5.74, 6) is 2.80. The molecule has 0 bridgehead atoms. The van der Waals surface area contributed by atoms with E-state index in [1.54, 1.807) is 0 Å². The van der Waals surface area contributed by atoms with Crippen LogP contribution >= 0.6 is 0 Å². The van der Waals surface area contributed by atoms with Crippen molar-refractivity contribution in [3.63, 3.8) is 0 Å². The largest absolute Gasteiger partial charge is 0.245 e. The van der Waals surface area contributed by atoms with Crippen molar-refractivity contribution in [1.82, 2.24) is 14.8 Å². The van der Waals surface area contributed by atoms with Gasteiger partial charge in [0.15, 0.2) is 5.82 Å². The first-order valence-corrected chi connectivity index (χ1v) is 8.07. The number of nitriles is 1. The zero-order valence-electron chi connectivity index (χ0n) is 13.0. The minimum absolute atomic E-state index is 0.0970. The highest BCUT2D eigenvalue weighted by atomic mass is 15.4. The van der Waals surface area contributed by atoms with Crippen LogP contribution in [0.25, 0.3) is 0 Å². The molecular weight excluding hydrogens is 248 g/mol. The normalized spacial score (nSPS) is 26.4. The Hall–Kier alpha value is -1.37. The van der Waals surface area contributed by atoms with Crippen molar-refractivity contribution >= 4 is 0 Å². The molecule has 4 nitrogen and oxygen atoms in total. The second-order valence-corrected chi connectivity index (χ2v) is 5.87. The van der Waals surface area contributed by atoms with Gasteiger partial charge in [-0.1, -0.05) is 33.6 Å². The SMILES string of the molecule is CCCC1CCC(C#N)C(n2nc(CC)nc2CC)C1. The van der Waals surface area contributed by atoms with Gasteiger partial charge in [-0.3, -0.25) is 0 Å². The van der Waals surface area contributed by atoms with Crippen LogP contribution in [0, 0.1) is 23.2 Å². The molecule has 0 radical (unpaired) electrons. The van der Waals surface area contributed by atoms with Gasteiger partial charge in [0.1, 0.15) is 5.82 Å². The smallest absolute Gasteiger partial charge is 0.150 e. The third kappa shape index (κ3) is 3.03. The fourth-order valence-electron chi connectivity index (χ4n) is 3.38. The highest BCUT2D eigenvalue weighted by Gasteiger charge is 2.33.